The summed E-state index contributed by atoms with van der Waals surface area (Å²) in [7, 11) is 0. The molecule has 0 saturated carbocycles. The van der Waals surface area contributed by atoms with Gasteiger partial charge in [-0.15, -0.1) is 12.4 Å². The smallest absolute Gasteiger partial charge is 0.335 e. The van der Waals surface area contributed by atoms with Crippen LogP contribution in [0.3, 0.4) is 0 Å². The van der Waals surface area contributed by atoms with Crippen LogP contribution in [-0.4, -0.2) is 27.5 Å². The minimum absolute atomic E-state index is 0. The van der Waals surface area contributed by atoms with Crippen molar-refractivity contribution in [3.63, 3.8) is 0 Å². The minimum atomic E-state index is -0.937. The van der Waals surface area contributed by atoms with Crippen LogP contribution in [0.4, 0.5) is 0 Å². The van der Waals surface area contributed by atoms with Gasteiger partial charge < -0.3 is 9.84 Å². The molecule has 18 heavy (non-hydrogen) atoms. The van der Waals surface area contributed by atoms with Crippen molar-refractivity contribution in [1.82, 2.24) is 9.78 Å². The van der Waals surface area contributed by atoms with Crippen molar-refractivity contribution in [3.8, 4) is 5.75 Å². The molecule has 1 aromatic heterocycles. The molecule has 6 heteroatoms. The van der Waals surface area contributed by atoms with E-state index in [1.165, 1.54) is 12.1 Å². The molecule has 0 radical (unpaired) electrons. The van der Waals surface area contributed by atoms with E-state index in [0.717, 1.165) is 0 Å². The van der Waals surface area contributed by atoms with Gasteiger partial charge in [-0.25, -0.2) is 4.79 Å². The fourth-order valence-corrected chi connectivity index (χ4v) is 1.38. The molecule has 0 bridgehead atoms. The Labute approximate surface area is 110 Å². The molecule has 0 aliphatic rings. The summed E-state index contributed by atoms with van der Waals surface area (Å²) in [6.07, 6.45) is 3.57. The quantitative estimate of drug-likeness (QED) is 0.902. The van der Waals surface area contributed by atoms with E-state index in [-0.39, 0.29) is 18.0 Å². The van der Waals surface area contributed by atoms with Gasteiger partial charge in [0.2, 0.25) is 0 Å². The molecule has 5 nitrogen and oxygen atoms in total. The summed E-state index contributed by atoms with van der Waals surface area (Å²) in [5.74, 6) is -0.282. The number of hydrogen-bond acceptors (Lipinski definition) is 3. The molecule has 2 aromatic rings. The van der Waals surface area contributed by atoms with E-state index in [1.54, 1.807) is 23.0 Å². The number of carboxylic acids is 1. The minimum Gasteiger partial charge on any atom is -0.492 e. The van der Waals surface area contributed by atoms with Crippen LogP contribution in [-0.2, 0) is 6.54 Å². The molecule has 1 heterocycles. The van der Waals surface area contributed by atoms with Crippen LogP contribution in [0.25, 0.3) is 0 Å². The second-order valence-corrected chi connectivity index (χ2v) is 3.45. The lowest BCUT2D eigenvalue weighted by atomic mass is 10.2. The van der Waals surface area contributed by atoms with Crippen LogP contribution in [0, 0.1) is 0 Å². The topological polar surface area (TPSA) is 64.3 Å². The molecule has 0 aliphatic heterocycles. The maximum absolute atomic E-state index is 10.6. The van der Waals surface area contributed by atoms with E-state index >= 15 is 0 Å². The van der Waals surface area contributed by atoms with Gasteiger partial charge in [0.25, 0.3) is 0 Å². The molecule has 0 atom stereocenters. The molecule has 1 aromatic carbocycles. The van der Waals surface area contributed by atoms with Crippen LogP contribution in [0.2, 0.25) is 0 Å². The van der Waals surface area contributed by atoms with Gasteiger partial charge in [0.15, 0.2) is 0 Å². The monoisotopic (exact) mass is 268 g/mol. The van der Waals surface area contributed by atoms with Crippen molar-refractivity contribution < 1.29 is 14.6 Å². The number of aromatic nitrogens is 2. The average molecular weight is 269 g/mol. The van der Waals surface area contributed by atoms with E-state index in [4.69, 9.17) is 9.84 Å². The highest BCUT2D eigenvalue weighted by molar-refractivity contribution is 5.87. The lowest BCUT2D eigenvalue weighted by Gasteiger charge is -2.06. The third-order valence-corrected chi connectivity index (χ3v) is 2.25. The zero-order valence-electron chi connectivity index (χ0n) is 9.52. The summed E-state index contributed by atoms with van der Waals surface area (Å²) in [6, 6.07) is 8.18. The summed E-state index contributed by atoms with van der Waals surface area (Å²) in [5, 5.41) is 12.8. The Morgan fingerprint density at radius 2 is 2.06 bits per heavy atom. The lowest BCUT2D eigenvalue weighted by Crippen LogP contribution is -2.08. The van der Waals surface area contributed by atoms with Crippen LogP contribution < -0.4 is 4.74 Å². The molecule has 0 fully saturated rings. The SMILES string of the molecule is Cl.O=C(O)c1ccc(OCCn2cccn2)cc1. The lowest BCUT2D eigenvalue weighted by molar-refractivity contribution is 0.0697. The molecular formula is C12H13ClN2O3. The first-order chi connectivity index (χ1) is 8.25. The Balaban J connectivity index is 0.00000162. The van der Waals surface area contributed by atoms with E-state index in [2.05, 4.69) is 5.10 Å². The molecule has 1 N–H and O–H groups in total. The summed E-state index contributed by atoms with van der Waals surface area (Å²) in [6.45, 7) is 1.15. The Hall–Kier alpha value is -2.01. The van der Waals surface area contributed by atoms with Crippen LogP contribution in [0.15, 0.2) is 42.7 Å². The average Bonchev–Trinajstić information content (AvgIpc) is 2.83. The third kappa shape index (κ3) is 3.78. The van der Waals surface area contributed by atoms with E-state index in [9.17, 15) is 4.79 Å². The van der Waals surface area contributed by atoms with E-state index in [0.29, 0.717) is 18.9 Å². The third-order valence-electron chi connectivity index (χ3n) is 2.25. The van der Waals surface area contributed by atoms with Crippen molar-refractivity contribution >= 4 is 18.4 Å². The number of carbonyl (C=O) groups is 1. The fraction of sp³-hybridized carbons (Fsp3) is 0.167. The molecule has 2 rings (SSSR count). The standard InChI is InChI=1S/C12H12N2O3.ClH/c15-12(16)10-2-4-11(5-3-10)17-9-8-14-7-1-6-13-14;/h1-7H,8-9H2,(H,15,16);1H. The first kappa shape index (κ1) is 14.1. The highest BCUT2D eigenvalue weighted by Crippen LogP contribution is 2.12. The second-order valence-electron chi connectivity index (χ2n) is 3.45. The highest BCUT2D eigenvalue weighted by Gasteiger charge is 2.01. The van der Waals surface area contributed by atoms with Gasteiger partial charge in [0.05, 0.1) is 12.1 Å². The molecule has 0 saturated heterocycles. The summed E-state index contributed by atoms with van der Waals surface area (Å²) >= 11 is 0. The van der Waals surface area contributed by atoms with Gasteiger partial charge in [-0.1, -0.05) is 0 Å². The van der Waals surface area contributed by atoms with Crippen LogP contribution >= 0.6 is 12.4 Å². The Bertz CT molecular complexity index is 483. The van der Waals surface area contributed by atoms with Gasteiger partial charge in [-0.2, -0.15) is 5.10 Å². The van der Waals surface area contributed by atoms with Crippen molar-refractivity contribution in [1.29, 1.82) is 0 Å². The van der Waals surface area contributed by atoms with Crippen molar-refractivity contribution in [3.05, 3.63) is 48.3 Å². The van der Waals surface area contributed by atoms with Gasteiger partial charge in [-0.05, 0) is 30.3 Å². The number of aromatic carboxylic acids is 1. The number of benzene rings is 1. The zero-order valence-corrected chi connectivity index (χ0v) is 10.3. The van der Waals surface area contributed by atoms with Crippen LogP contribution in [0.1, 0.15) is 10.4 Å². The maximum atomic E-state index is 10.6. The fourth-order valence-electron chi connectivity index (χ4n) is 1.38. The predicted molar refractivity (Wildman–Crippen MR) is 68.4 cm³/mol. The molecule has 0 unspecified atom stereocenters. The maximum Gasteiger partial charge on any atom is 0.335 e. The van der Waals surface area contributed by atoms with Crippen molar-refractivity contribution in [2.45, 2.75) is 6.54 Å². The van der Waals surface area contributed by atoms with Crippen molar-refractivity contribution in [2.75, 3.05) is 6.61 Å². The largest absolute Gasteiger partial charge is 0.492 e. The number of hydrogen-bond donors (Lipinski definition) is 1. The summed E-state index contributed by atoms with van der Waals surface area (Å²) in [4.78, 5) is 10.6. The van der Waals surface area contributed by atoms with E-state index in [1.807, 2.05) is 12.3 Å². The van der Waals surface area contributed by atoms with Crippen LogP contribution in [0.5, 0.6) is 5.75 Å². The first-order valence-electron chi connectivity index (χ1n) is 5.19. The van der Waals surface area contributed by atoms with Gasteiger partial charge in [0, 0.05) is 12.4 Å². The number of rotatable bonds is 5. The van der Waals surface area contributed by atoms with Gasteiger partial charge >= 0.3 is 5.97 Å². The Morgan fingerprint density at radius 1 is 1.33 bits per heavy atom. The van der Waals surface area contributed by atoms with Gasteiger partial charge in [0.1, 0.15) is 12.4 Å². The number of halogens is 1. The highest BCUT2D eigenvalue weighted by atomic mass is 35.5. The Kier molecular flexibility index (Phi) is 5.20. The molecular weight excluding hydrogens is 256 g/mol. The van der Waals surface area contributed by atoms with Crippen molar-refractivity contribution in [2.24, 2.45) is 0 Å². The first-order valence-corrected chi connectivity index (χ1v) is 5.19. The number of carboxylic acid groups (broad SMARTS) is 1. The predicted octanol–water partition coefficient (Wildman–Crippen LogP) is 2.08. The Morgan fingerprint density at radius 3 is 2.61 bits per heavy atom. The molecule has 0 aliphatic carbocycles. The molecule has 0 amide bonds. The summed E-state index contributed by atoms with van der Waals surface area (Å²) < 4.78 is 7.23. The number of nitrogens with zero attached hydrogens (tertiary/aromatic N) is 2. The number of ether oxygens (including phenoxy) is 1. The molecule has 0 spiro atoms. The second kappa shape index (κ2) is 6.66. The molecule has 96 valence electrons. The summed E-state index contributed by atoms with van der Waals surface area (Å²) in [5.41, 5.74) is 0.254. The van der Waals surface area contributed by atoms with Gasteiger partial charge in [-0.3, -0.25) is 4.68 Å². The zero-order chi connectivity index (χ0) is 12.1. The van der Waals surface area contributed by atoms with E-state index < -0.39 is 5.97 Å². The normalized spacial score (nSPS) is 9.56.